The minimum Gasteiger partial charge on any atom is -0.378 e. The van der Waals surface area contributed by atoms with Gasteiger partial charge in [-0.05, 0) is 35.7 Å². The number of aromatic nitrogens is 5. The molecule has 4 rings (SSSR count). The molecule has 4 aromatic rings. The smallest absolute Gasteiger partial charge is 0.268 e. The molecule has 0 bridgehead atoms. The van der Waals surface area contributed by atoms with Crippen LogP contribution in [0.25, 0.3) is 16.5 Å². The summed E-state index contributed by atoms with van der Waals surface area (Å²) in [5, 5.41) is 13.3. The van der Waals surface area contributed by atoms with E-state index in [2.05, 4.69) is 25.5 Å². The van der Waals surface area contributed by atoms with Gasteiger partial charge in [-0.2, -0.15) is 10.1 Å². The van der Waals surface area contributed by atoms with Crippen molar-refractivity contribution >= 4 is 17.0 Å². The second kappa shape index (κ2) is 6.01. The van der Waals surface area contributed by atoms with Gasteiger partial charge in [0, 0.05) is 5.69 Å². The van der Waals surface area contributed by atoms with E-state index in [-0.39, 0.29) is 0 Å². The Morgan fingerprint density at radius 3 is 2.83 bits per heavy atom. The molecule has 8 heteroatoms. The Bertz CT molecular complexity index is 867. The summed E-state index contributed by atoms with van der Waals surface area (Å²) in [6, 6.07) is 11.8. The van der Waals surface area contributed by atoms with Gasteiger partial charge in [-0.1, -0.05) is 11.2 Å². The Morgan fingerprint density at radius 1 is 1.17 bits per heavy atom. The molecule has 0 amide bonds. The molecule has 0 aliphatic heterocycles. The van der Waals surface area contributed by atoms with Gasteiger partial charge in [-0.15, -0.1) is 11.3 Å². The van der Waals surface area contributed by atoms with Crippen LogP contribution in [0.3, 0.4) is 0 Å². The first-order valence-electron chi connectivity index (χ1n) is 6.94. The minimum absolute atomic E-state index is 0.498. The SMILES string of the molecule is c1csc(-c2nc(CNc3ccc(-n4cncn4)cc3)no2)c1. The largest absolute Gasteiger partial charge is 0.378 e. The number of anilines is 1. The molecule has 0 aliphatic carbocycles. The molecule has 1 aromatic carbocycles. The van der Waals surface area contributed by atoms with Crippen LogP contribution in [0, 0.1) is 0 Å². The topological polar surface area (TPSA) is 81.7 Å². The zero-order valence-corrected chi connectivity index (χ0v) is 12.8. The molecule has 1 N–H and O–H groups in total. The summed E-state index contributed by atoms with van der Waals surface area (Å²) in [4.78, 5) is 9.28. The molecule has 23 heavy (non-hydrogen) atoms. The van der Waals surface area contributed by atoms with Crippen LogP contribution in [0.1, 0.15) is 5.82 Å². The van der Waals surface area contributed by atoms with Crippen molar-refractivity contribution in [1.82, 2.24) is 24.9 Å². The van der Waals surface area contributed by atoms with Crippen molar-refractivity contribution in [2.45, 2.75) is 6.54 Å². The predicted molar refractivity (Wildman–Crippen MR) is 86.3 cm³/mol. The first kappa shape index (κ1) is 13.6. The summed E-state index contributed by atoms with van der Waals surface area (Å²) in [7, 11) is 0. The Kier molecular flexibility index (Phi) is 3.57. The molecule has 3 aromatic heterocycles. The fourth-order valence-electron chi connectivity index (χ4n) is 2.08. The third-order valence-corrected chi connectivity index (χ3v) is 4.06. The van der Waals surface area contributed by atoms with Gasteiger partial charge in [0.2, 0.25) is 0 Å². The lowest BCUT2D eigenvalue weighted by atomic mass is 10.3. The van der Waals surface area contributed by atoms with Gasteiger partial charge in [0.25, 0.3) is 5.89 Å². The fraction of sp³-hybridized carbons (Fsp3) is 0.0667. The van der Waals surface area contributed by atoms with E-state index in [0.29, 0.717) is 18.3 Å². The molecule has 0 saturated heterocycles. The highest BCUT2D eigenvalue weighted by atomic mass is 32.1. The number of rotatable bonds is 5. The standard InChI is InChI=1S/C15H12N6OS/c1-2-13(23-7-1)15-19-14(20-22-15)8-17-11-3-5-12(6-4-11)21-10-16-9-18-21/h1-7,9-10,17H,8H2. The molecule has 0 atom stereocenters. The normalized spacial score (nSPS) is 10.8. The van der Waals surface area contributed by atoms with Crippen molar-refractivity contribution in [3.05, 3.63) is 60.3 Å². The first-order valence-corrected chi connectivity index (χ1v) is 7.82. The number of hydrogen-bond acceptors (Lipinski definition) is 7. The van der Waals surface area contributed by atoms with Crippen LogP contribution in [-0.2, 0) is 6.54 Å². The monoisotopic (exact) mass is 324 g/mol. The number of thiophene rings is 1. The quantitative estimate of drug-likeness (QED) is 0.608. The number of nitrogens with one attached hydrogen (secondary N) is 1. The summed E-state index contributed by atoms with van der Waals surface area (Å²) in [5.41, 5.74) is 1.92. The Hall–Kier alpha value is -3.00. The third kappa shape index (κ3) is 2.97. The summed E-state index contributed by atoms with van der Waals surface area (Å²) in [5.74, 6) is 1.17. The Labute approximate surface area is 135 Å². The van der Waals surface area contributed by atoms with Crippen LogP contribution in [0.4, 0.5) is 5.69 Å². The van der Waals surface area contributed by atoms with Gasteiger partial charge in [0.1, 0.15) is 12.7 Å². The number of benzene rings is 1. The molecular formula is C15H12N6OS. The summed E-state index contributed by atoms with van der Waals surface area (Å²) in [6.07, 6.45) is 3.17. The molecule has 0 unspecified atom stereocenters. The highest BCUT2D eigenvalue weighted by Gasteiger charge is 2.09. The Morgan fingerprint density at radius 2 is 2.09 bits per heavy atom. The van der Waals surface area contributed by atoms with E-state index in [1.54, 1.807) is 22.3 Å². The van der Waals surface area contributed by atoms with Gasteiger partial charge >= 0.3 is 0 Å². The van der Waals surface area contributed by atoms with E-state index >= 15 is 0 Å². The van der Waals surface area contributed by atoms with Crippen molar-refractivity contribution in [3.8, 4) is 16.5 Å². The maximum Gasteiger partial charge on any atom is 0.268 e. The molecule has 7 nitrogen and oxygen atoms in total. The van der Waals surface area contributed by atoms with Crippen LogP contribution in [-0.4, -0.2) is 24.9 Å². The summed E-state index contributed by atoms with van der Waals surface area (Å²) >= 11 is 1.57. The molecule has 0 saturated carbocycles. The van der Waals surface area contributed by atoms with E-state index in [0.717, 1.165) is 16.3 Å². The minimum atomic E-state index is 0.498. The second-order valence-corrected chi connectivity index (χ2v) is 5.68. The van der Waals surface area contributed by atoms with E-state index in [1.807, 2.05) is 41.8 Å². The van der Waals surface area contributed by atoms with E-state index < -0.39 is 0 Å². The first-order chi connectivity index (χ1) is 11.4. The zero-order chi connectivity index (χ0) is 15.5. The van der Waals surface area contributed by atoms with Gasteiger partial charge < -0.3 is 9.84 Å². The highest BCUT2D eigenvalue weighted by Crippen LogP contribution is 2.22. The number of hydrogen-bond donors (Lipinski definition) is 1. The van der Waals surface area contributed by atoms with E-state index in [4.69, 9.17) is 4.52 Å². The van der Waals surface area contributed by atoms with Crippen LogP contribution in [0.5, 0.6) is 0 Å². The predicted octanol–water partition coefficient (Wildman–Crippen LogP) is 2.99. The third-order valence-electron chi connectivity index (χ3n) is 3.20. The number of nitrogens with zero attached hydrogens (tertiary/aromatic N) is 5. The molecular weight excluding hydrogens is 312 g/mol. The van der Waals surface area contributed by atoms with E-state index in [1.165, 1.54) is 6.33 Å². The van der Waals surface area contributed by atoms with Gasteiger partial charge in [-0.3, -0.25) is 0 Å². The van der Waals surface area contributed by atoms with Crippen LogP contribution < -0.4 is 5.32 Å². The highest BCUT2D eigenvalue weighted by molar-refractivity contribution is 7.13. The maximum absolute atomic E-state index is 5.26. The van der Waals surface area contributed by atoms with Crippen molar-refractivity contribution in [1.29, 1.82) is 0 Å². The zero-order valence-electron chi connectivity index (χ0n) is 12.0. The molecule has 3 heterocycles. The van der Waals surface area contributed by atoms with Crippen LogP contribution in [0.2, 0.25) is 0 Å². The average Bonchev–Trinajstić information content (AvgIpc) is 3.35. The van der Waals surface area contributed by atoms with E-state index in [9.17, 15) is 0 Å². The molecule has 0 radical (unpaired) electrons. The van der Waals surface area contributed by atoms with Crippen LogP contribution in [0.15, 0.2) is 59.0 Å². The van der Waals surface area contributed by atoms with Crippen molar-refractivity contribution in [3.63, 3.8) is 0 Å². The maximum atomic E-state index is 5.26. The molecule has 0 aliphatic rings. The lowest BCUT2D eigenvalue weighted by Crippen LogP contribution is -2.01. The van der Waals surface area contributed by atoms with Crippen LogP contribution >= 0.6 is 11.3 Å². The molecule has 0 fully saturated rings. The van der Waals surface area contributed by atoms with Crippen molar-refractivity contribution in [2.75, 3.05) is 5.32 Å². The summed E-state index contributed by atoms with van der Waals surface area (Å²) < 4.78 is 6.96. The van der Waals surface area contributed by atoms with Gasteiger partial charge in [0.05, 0.1) is 17.1 Å². The molecule has 0 spiro atoms. The fourth-order valence-corrected chi connectivity index (χ4v) is 2.73. The lowest BCUT2D eigenvalue weighted by molar-refractivity contribution is 0.424. The van der Waals surface area contributed by atoms with Crippen molar-refractivity contribution < 1.29 is 4.52 Å². The Balaban J connectivity index is 1.41. The second-order valence-electron chi connectivity index (χ2n) is 4.73. The van der Waals surface area contributed by atoms with Gasteiger partial charge in [-0.25, -0.2) is 9.67 Å². The van der Waals surface area contributed by atoms with Gasteiger partial charge in [0.15, 0.2) is 5.82 Å². The summed E-state index contributed by atoms with van der Waals surface area (Å²) in [6.45, 7) is 0.498. The lowest BCUT2D eigenvalue weighted by Gasteiger charge is -2.05. The average molecular weight is 324 g/mol. The van der Waals surface area contributed by atoms with Crippen molar-refractivity contribution in [2.24, 2.45) is 0 Å². The molecule has 114 valence electrons.